The summed E-state index contributed by atoms with van der Waals surface area (Å²) in [6.45, 7) is 0. The molecule has 0 amide bonds. The van der Waals surface area contributed by atoms with Crippen LogP contribution in [0.25, 0.3) is 21.5 Å². The van der Waals surface area contributed by atoms with Crippen molar-refractivity contribution in [1.29, 1.82) is 0 Å². The molecule has 5 heteroatoms. The molecule has 0 saturated carbocycles. The third-order valence-corrected chi connectivity index (χ3v) is 5.92. The quantitative estimate of drug-likeness (QED) is 0.260. The molecule has 0 aliphatic rings. The van der Waals surface area contributed by atoms with Gasteiger partial charge in [-0.25, -0.2) is 8.78 Å². The molecule has 0 fully saturated rings. The van der Waals surface area contributed by atoms with E-state index in [2.05, 4.69) is 31.9 Å². The lowest BCUT2D eigenvalue weighted by atomic mass is 10.1. The molecule has 0 spiro atoms. The Morgan fingerprint density at radius 1 is 0.704 bits per heavy atom. The molecule has 4 rings (SSSR count). The molecule has 0 radical (unpaired) electrons. The minimum atomic E-state index is -2.44. The summed E-state index contributed by atoms with van der Waals surface area (Å²) in [4.78, 5) is 10.6. The lowest BCUT2D eigenvalue weighted by Gasteiger charge is -2.06. The summed E-state index contributed by atoms with van der Waals surface area (Å²) in [5, 5.41) is 4.00. The van der Waals surface area contributed by atoms with Crippen molar-refractivity contribution in [2.24, 2.45) is 0 Å². The molecule has 0 saturated heterocycles. The Labute approximate surface area is 172 Å². The third kappa shape index (κ3) is 4.25. The highest BCUT2D eigenvalue weighted by molar-refractivity contribution is 9.11. The monoisotopic (exact) mass is 490 g/mol. The average molecular weight is 492 g/mol. The standard InChI is InChI=1S/C11H7BrF2.C11H7BrO/c12-10-8-4-2-1-3-7(8)5-6-9(10)11(13)14;12-11-9(7-13)6-5-8-3-1-2-4-10(8)11/h1-6,11H;1-7H. The van der Waals surface area contributed by atoms with Gasteiger partial charge in [0, 0.05) is 20.1 Å². The molecule has 27 heavy (non-hydrogen) atoms. The van der Waals surface area contributed by atoms with Gasteiger partial charge in [0.05, 0.1) is 0 Å². The number of hydrogen-bond donors (Lipinski definition) is 0. The Morgan fingerprint density at radius 3 is 1.78 bits per heavy atom. The van der Waals surface area contributed by atoms with E-state index in [0.29, 0.717) is 10.0 Å². The molecular formula is C22H14Br2F2O. The number of alkyl halides is 2. The maximum absolute atomic E-state index is 12.5. The second-order valence-electron chi connectivity index (χ2n) is 5.80. The molecule has 0 N–H and O–H groups in total. The first-order valence-corrected chi connectivity index (χ1v) is 9.69. The summed E-state index contributed by atoms with van der Waals surface area (Å²) in [7, 11) is 0. The van der Waals surface area contributed by atoms with Crippen LogP contribution in [-0.2, 0) is 0 Å². The van der Waals surface area contributed by atoms with Gasteiger partial charge in [-0.1, -0.05) is 66.7 Å². The van der Waals surface area contributed by atoms with Gasteiger partial charge in [-0.05, 0) is 59.5 Å². The van der Waals surface area contributed by atoms with Gasteiger partial charge in [0.15, 0.2) is 6.29 Å². The molecule has 0 aromatic heterocycles. The fourth-order valence-corrected chi connectivity index (χ4v) is 4.01. The zero-order chi connectivity index (χ0) is 19.4. The van der Waals surface area contributed by atoms with Crippen molar-refractivity contribution in [2.75, 3.05) is 0 Å². The molecule has 136 valence electrons. The van der Waals surface area contributed by atoms with E-state index in [9.17, 15) is 13.6 Å². The number of aldehydes is 1. The van der Waals surface area contributed by atoms with Gasteiger partial charge in [-0.2, -0.15) is 0 Å². The van der Waals surface area contributed by atoms with E-state index in [1.54, 1.807) is 6.07 Å². The highest BCUT2D eigenvalue weighted by atomic mass is 79.9. The maximum atomic E-state index is 12.5. The van der Waals surface area contributed by atoms with Gasteiger partial charge in [-0.3, -0.25) is 4.79 Å². The van der Waals surface area contributed by atoms with Crippen LogP contribution in [0.3, 0.4) is 0 Å². The number of carbonyl (C=O) groups is 1. The van der Waals surface area contributed by atoms with Gasteiger partial charge >= 0.3 is 0 Å². The van der Waals surface area contributed by atoms with Crippen molar-refractivity contribution in [3.8, 4) is 0 Å². The predicted molar refractivity (Wildman–Crippen MR) is 114 cm³/mol. The molecule has 0 atom stereocenters. The molecule has 4 aromatic rings. The summed E-state index contributed by atoms with van der Waals surface area (Å²) in [6.07, 6.45) is -1.58. The second kappa shape index (κ2) is 8.72. The van der Waals surface area contributed by atoms with Crippen molar-refractivity contribution < 1.29 is 13.6 Å². The third-order valence-electron chi connectivity index (χ3n) is 4.15. The Bertz CT molecular complexity index is 1110. The van der Waals surface area contributed by atoms with E-state index in [1.807, 2.05) is 60.7 Å². The van der Waals surface area contributed by atoms with E-state index >= 15 is 0 Å². The Hall–Kier alpha value is -2.11. The number of fused-ring (bicyclic) bond motifs is 2. The smallest absolute Gasteiger partial charge is 0.264 e. The lowest BCUT2D eigenvalue weighted by Crippen LogP contribution is -1.87. The van der Waals surface area contributed by atoms with Crippen LogP contribution in [0.4, 0.5) is 8.78 Å². The number of hydrogen-bond acceptors (Lipinski definition) is 1. The summed E-state index contributed by atoms with van der Waals surface area (Å²) < 4.78 is 26.4. The minimum absolute atomic E-state index is 0.0451. The Kier molecular flexibility index (Phi) is 6.34. The van der Waals surface area contributed by atoms with Crippen LogP contribution >= 0.6 is 31.9 Å². The zero-order valence-electron chi connectivity index (χ0n) is 14.0. The molecule has 0 bridgehead atoms. The molecule has 0 heterocycles. The first-order valence-electron chi connectivity index (χ1n) is 8.10. The largest absolute Gasteiger partial charge is 0.298 e. The number of rotatable bonds is 2. The maximum Gasteiger partial charge on any atom is 0.264 e. The van der Waals surface area contributed by atoms with Gasteiger partial charge in [0.2, 0.25) is 0 Å². The summed E-state index contributed by atoms with van der Waals surface area (Å²) in [5.74, 6) is 0. The normalized spacial score (nSPS) is 10.7. The van der Waals surface area contributed by atoms with Crippen LogP contribution in [-0.4, -0.2) is 6.29 Å². The highest BCUT2D eigenvalue weighted by Crippen LogP contribution is 2.33. The van der Waals surface area contributed by atoms with Crippen LogP contribution in [0.5, 0.6) is 0 Å². The summed E-state index contributed by atoms with van der Waals surface area (Å²) in [6, 6.07) is 22.3. The van der Waals surface area contributed by atoms with E-state index in [1.165, 1.54) is 6.07 Å². The topological polar surface area (TPSA) is 17.1 Å². The van der Waals surface area contributed by atoms with Gasteiger partial charge < -0.3 is 0 Å². The molecule has 0 aliphatic heterocycles. The van der Waals surface area contributed by atoms with Gasteiger partial charge in [-0.15, -0.1) is 0 Å². The number of benzene rings is 4. The van der Waals surface area contributed by atoms with Crippen molar-refractivity contribution in [2.45, 2.75) is 6.43 Å². The first kappa shape index (κ1) is 19.6. The van der Waals surface area contributed by atoms with Crippen LogP contribution < -0.4 is 0 Å². The second-order valence-corrected chi connectivity index (χ2v) is 7.38. The fraction of sp³-hybridized carbons (Fsp3) is 0.0455. The summed E-state index contributed by atoms with van der Waals surface area (Å²) >= 11 is 6.61. The van der Waals surface area contributed by atoms with Gasteiger partial charge in [0.1, 0.15) is 0 Å². The van der Waals surface area contributed by atoms with E-state index < -0.39 is 6.43 Å². The molecule has 0 unspecified atom stereocenters. The Morgan fingerprint density at radius 2 is 1.22 bits per heavy atom. The highest BCUT2D eigenvalue weighted by Gasteiger charge is 2.12. The lowest BCUT2D eigenvalue weighted by molar-refractivity contribution is 0.112. The van der Waals surface area contributed by atoms with Crippen molar-refractivity contribution in [3.63, 3.8) is 0 Å². The van der Waals surface area contributed by atoms with E-state index in [4.69, 9.17) is 0 Å². The molecule has 0 aliphatic carbocycles. The SMILES string of the molecule is FC(F)c1ccc2ccccc2c1Br.O=Cc1ccc2ccccc2c1Br. The van der Waals surface area contributed by atoms with Gasteiger partial charge in [0.25, 0.3) is 6.43 Å². The number of halogens is 4. The zero-order valence-corrected chi connectivity index (χ0v) is 17.2. The first-order chi connectivity index (χ1) is 13.0. The fourth-order valence-electron chi connectivity index (χ4n) is 2.76. The van der Waals surface area contributed by atoms with Crippen LogP contribution in [0, 0.1) is 0 Å². The van der Waals surface area contributed by atoms with Crippen LogP contribution in [0.2, 0.25) is 0 Å². The Balaban J connectivity index is 0.000000156. The molecular weight excluding hydrogens is 478 g/mol. The minimum Gasteiger partial charge on any atom is -0.298 e. The average Bonchev–Trinajstić information content (AvgIpc) is 2.69. The molecule has 4 aromatic carbocycles. The van der Waals surface area contributed by atoms with E-state index in [0.717, 1.165) is 32.3 Å². The van der Waals surface area contributed by atoms with Crippen molar-refractivity contribution >= 4 is 59.7 Å². The van der Waals surface area contributed by atoms with Crippen LogP contribution in [0.15, 0.2) is 81.7 Å². The molecule has 1 nitrogen and oxygen atoms in total. The van der Waals surface area contributed by atoms with Crippen molar-refractivity contribution in [3.05, 3.63) is 92.9 Å². The summed E-state index contributed by atoms with van der Waals surface area (Å²) in [5.41, 5.74) is 0.738. The van der Waals surface area contributed by atoms with Crippen LogP contribution in [0.1, 0.15) is 22.3 Å². The van der Waals surface area contributed by atoms with E-state index in [-0.39, 0.29) is 5.56 Å². The predicted octanol–water partition coefficient (Wildman–Crippen LogP) is 7.95. The van der Waals surface area contributed by atoms with Crippen molar-refractivity contribution in [1.82, 2.24) is 0 Å². The number of carbonyl (C=O) groups excluding carboxylic acids is 1.